The first kappa shape index (κ1) is 20.9. The van der Waals surface area contributed by atoms with Gasteiger partial charge in [0.05, 0.1) is 6.54 Å². The van der Waals surface area contributed by atoms with Crippen LogP contribution in [0.4, 0.5) is 28.0 Å². The van der Waals surface area contributed by atoms with Crippen LogP contribution in [0.2, 0.25) is 0 Å². The van der Waals surface area contributed by atoms with Gasteiger partial charge in [-0.15, -0.1) is 0 Å². The molecule has 1 aliphatic rings. The fourth-order valence-corrected chi connectivity index (χ4v) is 2.89. The van der Waals surface area contributed by atoms with Crippen molar-refractivity contribution in [3.05, 3.63) is 53.0 Å². The van der Waals surface area contributed by atoms with Gasteiger partial charge in [-0.25, -0.2) is 14.2 Å². The fraction of sp³-hybridized carbons (Fsp3) is 0.400. The normalized spacial score (nSPS) is 14.2. The van der Waals surface area contributed by atoms with Gasteiger partial charge in [0.2, 0.25) is 5.88 Å². The van der Waals surface area contributed by atoms with E-state index < -0.39 is 29.4 Å². The Balaban J connectivity index is 2.04. The number of pyridine rings is 1. The zero-order chi connectivity index (χ0) is 21.4. The summed E-state index contributed by atoms with van der Waals surface area (Å²) in [6, 6.07) is 6.38. The van der Waals surface area contributed by atoms with Crippen molar-refractivity contribution in [1.82, 2.24) is 4.98 Å². The topological polar surface area (TPSA) is 51.7 Å². The monoisotopic (exact) mass is 412 g/mol. The van der Waals surface area contributed by atoms with Gasteiger partial charge in [-0.05, 0) is 56.5 Å². The van der Waals surface area contributed by atoms with Crippen LogP contribution in [0.25, 0.3) is 0 Å². The number of ether oxygens (including phenoxy) is 2. The Morgan fingerprint density at radius 3 is 2.45 bits per heavy atom. The Morgan fingerprint density at radius 2 is 1.86 bits per heavy atom. The molecule has 9 heteroatoms. The van der Waals surface area contributed by atoms with Crippen LogP contribution in [0.1, 0.15) is 37.6 Å². The maximum atomic E-state index is 13.6. The number of aromatic nitrogens is 1. The number of benzene rings is 1. The molecule has 1 aliphatic heterocycles. The van der Waals surface area contributed by atoms with Crippen LogP contribution in [0.15, 0.2) is 30.3 Å². The quantitative estimate of drug-likeness (QED) is 0.654. The molecule has 1 aromatic carbocycles. The number of amides is 1. The maximum Gasteiger partial charge on any atom is 0.433 e. The first-order valence-corrected chi connectivity index (χ1v) is 8.93. The number of rotatable bonds is 2. The highest BCUT2D eigenvalue weighted by Gasteiger charge is 2.39. The molecular formula is C20H20F4N2O3. The van der Waals surface area contributed by atoms with Crippen molar-refractivity contribution in [1.29, 1.82) is 0 Å². The molecule has 0 spiro atoms. The summed E-state index contributed by atoms with van der Waals surface area (Å²) in [4.78, 5) is 17.4. The van der Waals surface area contributed by atoms with Crippen molar-refractivity contribution in [2.75, 3.05) is 18.1 Å². The van der Waals surface area contributed by atoms with E-state index in [1.165, 1.54) is 35.2 Å². The van der Waals surface area contributed by atoms with Gasteiger partial charge >= 0.3 is 12.3 Å². The number of nitrogens with zero attached hydrogens (tertiary/aromatic N) is 2. The largest absolute Gasteiger partial charge is 0.474 e. The molecule has 0 saturated carbocycles. The van der Waals surface area contributed by atoms with Crippen LogP contribution in [0.5, 0.6) is 5.88 Å². The Bertz CT molecular complexity index is 906. The molecule has 2 heterocycles. The van der Waals surface area contributed by atoms with Crippen LogP contribution < -0.4 is 9.64 Å². The second kappa shape index (κ2) is 7.53. The lowest BCUT2D eigenvalue weighted by Gasteiger charge is -2.31. The van der Waals surface area contributed by atoms with E-state index in [0.717, 1.165) is 0 Å². The standard InChI is InChI=1S/C20H20F4N2O3/c1-19(2,3)29-18(27)26-8-9-28-17-15(26)11-13(16(25-17)20(22,23)24)10-12-4-6-14(21)7-5-12/h4-7,11H,8-10H2,1-3H3. The summed E-state index contributed by atoms with van der Waals surface area (Å²) in [5, 5.41) is 0. The Morgan fingerprint density at radius 1 is 1.21 bits per heavy atom. The highest BCUT2D eigenvalue weighted by Crippen LogP contribution is 2.39. The third-order valence-electron chi connectivity index (χ3n) is 4.08. The molecule has 29 heavy (non-hydrogen) atoms. The lowest BCUT2D eigenvalue weighted by molar-refractivity contribution is -0.142. The molecule has 0 N–H and O–H groups in total. The van der Waals surface area contributed by atoms with Gasteiger partial charge in [0.15, 0.2) is 5.69 Å². The summed E-state index contributed by atoms with van der Waals surface area (Å²) in [7, 11) is 0. The minimum atomic E-state index is -4.72. The number of anilines is 1. The van der Waals surface area contributed by atoms with E-state index in [0.29, 0.717) is 5.56 Å². The van der Waals surface area contributed by atoms with Crippen molar-refractivity contribution in [2.45, 2.75) is 39.0 Å². The highest BCUT2D eigenvalue weighted by molar-refractivity contribution is 5.90. The molecule has 3 rings (SSSR count). The third-order valence-corrected chi connectivity index (χ3v) is 4.08. The summed E-state index contributed by atoms with van der Waals surface area (Å²) >= 11 is 0. The van der Waals surface area contributed by atoms with Gasteiger partial charge in [0, 0.05) is 0 Å². The second-order valence-corrected chi connectivity index (χ2v) is 7.60. The minimum absolute atomic E-state index is 0.00610. The van der Waals surface area contributed by atoms with E-state index >= 15 is 0 Å². The molecule has 2 aromatic rings. The summed E-state index contributed by atoms with van der Waals surface area (Å²) in [5.41, 5.74) is -1.45. The number of fused-ring (bicyclic) bond motifs is 1. The van der Waals surface area contributed by atoms with Gasteiger partial charge in [-0.2, -0.15) is 13.2 Å². The van der Waals surface area contributed by atoms with E-state index in [9.17, 15) is 22.4 Å². The number of hydrogen-bond acceptors (Lipinski definition) is 4. The molecule has 0 saturated heterocycles. The first-order chi connectivity index (χ1) is 13.4. The van der Waals surface area contributed by atoms with Gasteiger partial charge in [-0.1, -0.05) is 12.1 Å². The molecule has 5 nitrogen and oxygen atoms in total. The fourth-order valence-electron chi connectivity index (χ4n) is 2.89. The Labute approximate surface area is 165 Å². The zero-order valence-electron chi connectivity index (χ0n) is 16.1. The molecule has 0 unspecified atom stereocenters. The smallest absolute Gasteiger partial charge is 0.433 e. The predicted molar refractivity (Wildman–Crippen MR) is 97.5 cm³/mol. The van der Waals surface area contributed by atoms with Crippen molar-refractivity contribution in [3.63, 3.8) is 0 Å². The van der Waals surface area contributed by atoms with E-state index in [4.69, 9.17) is 9.47 Å². The Kier molecular flexibility index (Phi) is 5.42. The van der Waals surface area contributed by atoms with Crippen LogP contribution in [-0.2, 0) is 17.3 Å². The summed E-state index contributed by atoms with van der Waals surface area (Å²) in [6.07, 6.45) is -5.56. The van der Waals surface area contributed by atoms with Gasteiger partial charge in [-0.3, -0.25) is 4.90 Å². The van der Waals surface area contributed by atoms with Gasteiger partial charge in [0.1, 0.15) is 23.7 Å². The Hall–Kier alpha value is -2.84. The summed E-state index contributed by atoms with van der Waals surface area (Å²) in [5.74, 6) is -0.768. The van der Waals surface area contributed by atoms with E-state index in [1.807, 2.05) is 0 Å². The average molecular weight is 412 g/mol. The SMILES string of the molecule is CC(C)(C)OC(=O)N1CCOc2nc(C(F)(F)F)c(Cc3ccc(F)cc3)cc21. The van der Waals surface area contributed by atoms with E-state index in [2.05, 4.69) is 4.98 Å². The number of carbonyl (C=O) groups excluding carboxylic acids is 1. The van der Waals surface area contributed by atoms with Crippen molar-refractivity contribution >= 4 is 11.8 Å². The van der Waals surface area contributed by atoms with Crippen molar-refractivity contribution in [3.8, 4) is 5.88 Å². The lowest BCUT2D eigenvalue weighted by Crippen LogP contribution is -2.42. The molecular weight excluding hydrogens is 392 g/mol. The maximum absolute atomic E-state index is 13.6. The predicted octanol–water partition coefficient (Wildman–Crippen LogP) is 4.96. The van der Waals surface area contributed by atoms with E-state index in [1.54, 1.807) is 20.8 Å². The van der Waals surface area contributed by atoms with Crippen LogP contribution in [0, 0.1) is 5.82 Å². The van der Waals surface area contributed by atoms with Gasteiger partial charge in [0.25, 0.3) is 0 Å². The summed E-state index contributed by atoms with van der Waals surface area (Å²) in [6.45, 7) is 5.18. The zero-order valence-corrected chi connectivity index (χ0v) is 16.1. The molecule has 0 atom stereocenters. The summed E-state index contributed by atoms with van der Waals surface area (Å²) < 4.78 is 64.5. The van der Waals surface area contributed by atoms with Crippen LogP contribution >= 0.6 is 0 Å². The highest BCUT2D eigenvalue weighted by atomic mass is 19.4. The molecule has 156 valence electrons. The van der Waals surface area contributed by atoms with Crippen molar-refractivity contribution < 1.29 is 31.8 Å². The number of hydrogen-bond donors (Lipinski definition) is 0. The minimum Gasteiger partial charge on any atom is -0.474 e. The average Bonchev–Trinajstić information content (AvgIpc) is 2.60. The third kappa shape index (κ3) is 4.96. The number of carbonyl (C=O) groups is 1. The first-order valence-electron chi connectivity index (χ1n) is 8.93. The van der Waals surface area contributed by atoms with Crippen LogP contribution in [0.3, 0.4) is 0 Å². The molecule has 1 aromatic heterocycles. The van der Waals surface area contributed by atoms with Crippen LogP contribution in [-0.4, -0.2) is 29.8 Å². The van der Waals surface area contributed by atoms with Crippen molar-refractivity contribution in [2.24, 2.45) is 0 Å². The van der Waals surface area contributed by atoms with Gasteiger partial charge < -0.3 is 9.47 Å². The van der Waals surface area contributed by atoms with E-state index in [-0.39, 0.29) is 36.7 Å². The number of halogens is 4. The lowest BCUT2D eigenvalue weighted by atomic mass is 10.0. The molecule has 0 bridgehead atoms. The molecule has 0 radical (unpaired) electrons. The molecule has 1 amide bonds. The molecule has 0 aliphatic carbocycles. The number of alkyl halides is 3. The second-order valence-electron chi connectivity index (χ2n) is 7.60. The molecule has 0 fully saturated rings.